The third-order valence-electron chi connectivity index (χ3n) is 5.15. The van der Waals surface area contributed by atoms with Gasteiger partial charge in [-0.1, -0.05) is 84.3 Å². The number of hydrogen-bond donors (Lipinski definition) is 2. The molecule has 8 nitrogen and oxygen atoms in total. The van der Waals surface area contributed by atoms with E-state index in [1.807, 2.05) is 67.6 Å². The molecule has 1 aliphatic rings. The number of amides is 3. The van der Waals surface area contributed by atoms with Crippen LogP contribution in [0.4, 0.5) is 0 Å². The number of carbonyl (C=O) groups is 3. The maximum Gasteiger partial charge on any atom is 0.266 e. The van der Waals surface area contributed by atoms with Gasteiger partial charge in [-0.05, 0) is 42.7 Å². The van der Waals surface area contributed by atoms with Crippen LogP contribution in [0.15, 0.2) is 80.8 Å². The van der Waals surface area contributed by atoms with E-state index in [-0.39, 0.29) is 29.9 Å². The number of aromatic nitrogens is 1. The van der Waals surface area contributed by atoms with Crippen molar-refractivity contribution in [2.24, 2.45) is 0 Å². The fourth-order valence-electron chi connectivity index (χ4n) is 3.43. The minimum absolute atomic E-state index is 0.0358. The third kappa shape index (κ3) is 7.54. The van der Waals surface area contributed by atoms with Crippen LogP contribution in [-0.2, 0) is 14.4 Å². The number of oxazole rings is 1. The average molecular weight is 553 g/mol. The summed E-state index contributed by atoms with van der Waals surface area (Å²) in [7, 11) is 0. The van der Waals surface area contributed by atoms with Gasteiger partial charge < -0.3 is 4.42 Å². The molecular weight excluding hydrogens is 529 g/mol. The molecule has 0 unspecified atom stereocenters. The lowest BCUT2D eigenvalue weighted by molar-refractivity contribution is -0.128. The Morgan fingerprint density at radius 3 is 2.62 bits per heavy atom. The fraction of sp³-hybridized carbons (Fsp3) is 0.192. The highest BCUT2D eigenvalue weighted by atomic mass is 32.2. The molecule has 3 aromatic rings. The van der Waals surface area contributed by atoms with Crippen LogP contribution in [0.1, 0.15) is 25.3 Å². The summed E-state index contributed by atoms with van der Waals surface area (Å²) in [6.45, 7) is 2.25. The molecule has 0 radical (unpaired) electrons. The number of nitrogens with zero attached hydrogens (tertiary/aromatic N) is 2. The first kappa shape index (κ1) is 26.6. The van der Waals surface area contributed by atoms with Gasteiger partial charge in [-0.3, -0.25) is 30.1 Å². The van der Waals surface area contributed by atoms with Gasteiger partial charge in [-0.15, -0.1) is 0 Å². The van der Waals surface area contributed by atoms with Gasteiger partial charge in [0.1, 0.15) is 9.84 Å². The predicted octanol–water partition coefficient (Wildman–Crippen LogP) is 4.70. The number of thiocarbonyl (C=S) groups is 1. The number of rotatable bonds is 9. The number of para-hydroxylation sites is 2. The summed E-state index contributed by atoms with van der Waals surface area (Å²) in [5, 5.41) is 0.381. The van der Waals surface area contributed by atoms with Gasteiger partial charge in [0.15, 0.2) is 5.58 Å². The maximum absolute atomic E-state index is 12.8. The van der Waals surface area contributed by atoms with Gasteiger partial charge in [0, 0.05) is 13.0 Å². The Hall–Kier alpha value is -3.41. The van der Waals surface area contributed by atoms with Crippen LogP contribution < -0.4 is 10.9 Å². The Labute approximate surface area is 227 Å². The number of benzene rings is 2. The van der Waals surface area contributed by atoms with Crippen molar-refractivity contribution < 1.29 is 18.8 Å². The lowest BCUT2D eigenvalue weighted by Gasteiger charge is -2.14. The van der Waals surface area contributed by atoms with Gasteiger partial charge >= 0.3 is 0 Å². The first-order valence-corrected chi connectivity index (χ1v) is 13.6. The molecule has 0 bridgehead atoms. The van der Waals surface area contributed by atoms with E-state index in [0.29, 0.717) is 33.0 Å². The van der Waals surface area contributed by atoms with Crippen LogP contribution in [0.5, 0.6) is 0 Å². The van der Waals surface area contributed by atoms with Crippen LogP contribution in [0, 0.1) is 0 Å². The molecule has 1 aliphatic heterocycles. The van der Waals surface area contributed by atoms with E-state index in [1.165, 1.54) is 16.7 Å². The van der Waals surface area contributed by atoms with Crippen molar-refractivity contribution in [3.8, 4) is 0 Å². The van der Waals surface area contributed by atoms with E-state index in [2.05, 4.69) is 15.8 Å². The molecule has 1 aromatic heterocycles. The lowest BCUT2D eigenvalue weighted by Crippen LogP contribution is -2.42. The number of fused-ring (bicyclic) bond motifs is 1. The van der Waals surface area contributed by atoms with Gasteiger partial charge in [-0.2, -0.15) is 0 Å². The van der Waals surface area contributed by atoms with E-state index in [9.17, 15) is 14.4 Å². The summed E-state index contributed by atoms with van der Waals surface area (Å²) in [6, 6.07) is 17.2. The molecule has 2 heterocycles. The normalized spacial score (nSPS) is 15.0. The van der Waals surface area contributed by atoms with Crippen molar-refractivity contribution in [1.29, 1.82) is 0 Å². The molecule has 190 valence electrons. The molecule has 0 saturated carbocycles. The zero-order valence-electron chi connectivity index (χ0n) is 19.9. The zero-order chi connectivity index (χ0) is 26.2. The molecule has 3 amide bonds. The Kier molecular flexibility index (Phi) is 9.15. The molecule has 37 heavy (non-hydrogen) atoms. The smallest absolute Gasteiger partial charge is 0.266 e. The number of hydrazine groups is 1. The van der Waals surface area contributed by atoms with Gasteiger partial charge in [0.2, 0.25) is 11.8 Å². The third-order valence-corrected chi connectivity index (χ3v) is 7.36. The quantitative estimate of drug-likeness (QED) is 0.170. The standard InChI is InChI=1S/C26H24N4O4S3/c1-17(14-18-8-3-2-4-9-18)15-21-24(33)30(26(35)37-21)13-7-12-22(31)28-29-23(32)16-36-25-27-19-10-5-6-11-20(19)34-25/h2-6,8-11,14-15H,7,12-13,16H2,1H3,(H,28,31)(H,29,32)/b17-14+,21-15-. The summed E-state index contributed by atoms with van der Waals surface area (Å²) >= 11 is 7.76. The molecular formula is C26H24N4O4S3. The fourth-order valence-corrected chi connectivity index (χ4v) is 5.43. The monoisotopic (exact) mass is 552 g/mol. The van der Waals surface area contributed by atoms with Crippen molar-refractivity contribution in [2.75, 3.05) is 12.3 Å². The summed E-state index contributed by atoms with van der Waals surface area (Å²) in [5.74, 6) is -0.876. The molecule has 0 atom stereocenters. The molecule has 11 heteroatoms. The maximum atomic E-state index is 12.8. The van der Waals surface area contributed by atoms with Crippen molar-refractivity contribution in [1.82, 2.24) is 20.7 Å². The van der Waals surface area contributed by atoms with Crippen molar-refractivity contribution >= 4 is 75.0 Å². The Balaban J connectivity index is 1.17. The van der Waals surface area contributed by atoms with Crippen molar-refractivity contribution in [3.63, 3.8) is 0 Å². The highest BCUT2D eigenvalue weighted by Crippen LogP contribution is 2.32. The van der Waals surface area contributed by atoms with Crippen LogP contribution in [0.25, 0.3) is 17.2 Å². The van der Waals surface area contributed by atoms with E-state index >= 15 is 0 Å². The topological polar surface area (TPSA) is 105 Å². The number of allylic oxidation sites excluding steroid dienone is 2. The van der Waals surface area contributed by atoms with E-state index in [1.54, 1.807) is 6.07 Å². The van der Waals surface area contributed by atoms with Gasteiger partial charge in [-0.25, -0.2) is 4.98 Å². The minimum atomic E-state index is -0.387. The second-order valence-electron chi connectivity index (χ2n) is 8.07. The molecule has 0 spiro atoms. The van der Waals surface area contributed by atoms with Gasteiger partial charge in [0.05, 0.1) is 10.7 Å². The van der Waals surface area contributed by atoms with Crippen molar-refractivity contribution in [2.45, 2.75) is 25.0 Å². The van der Waals surface area contributed by atoms with Crippen LogP contribution in [0.2, 0.25) is 0 Å². The highest BCUT2D eigenvalue weighted by molar-refractivity contribution is 8.26. The summed E-state index contributed by atoms with van der Waals surface area (Å²) in [4.78, 5) is 43.3. The predicted molar refractivity (Wildman–Crippen MR) is 150 cm³/mol. The molecule has 0 aliphatic carbocycles. The molecule has 4 rings (SSSR count). The van der Waals surface area contributed by atoms with Gasteiger partial charge in [0.25, 0.3) is 11.1 Å². The average Bonchev–Trinajstić information content (AvgIpc) is 3.42. The Morgan fingerprint density at radius 1 is 1.11 bits per heavy atom. The van der Waals surface area contributed by atoms with E-state index in [0.717, 1.165) is 28.4 Å². The number of carbonyl (C=O) groups excluding carboxylic acids is 3. The van der Waals surface area contributed by atoms with Crippen LogP contribution in [0.3, 0.4) is 0 Å². The van der Waals surface area contributed by atoms with Crippen LogP contribution in [-0.4, -0.2) is 44.2 Å². The van der Waals surface area contributed by atoms with Crippen LogP contribution >= 0.6 is 35.7 Å². The van der Waals surface area contributed by atoms with E-state index in [4.69, 9.17) is 16.6 Å². The first-order valence-electron chi connectivity index (χ1n) is 11.4. The molecule has 2 aromatic carbocycles. The second-order valence-corrected chi connectivity index (χ2v) is 10.7. The zero-order valence-corrected chi connectivity index (χ0v) is 22.4. The largest absolute Gasteiger partial charge is 0.431 e. The molecule has 1 fully saturated rings. The molecule has 2 N–H and O–H groups in total. The Morgan fingerprint density at radius 2 is 1.84 bits per heavy atom. The van der Waals surface area contributed by atoms with Crippen molar-refractivity contribution in [3.05, 3.63) is 76.7 Å². The molecule has 1 saturated heterocycles. The minimum Gasteiger partial charge on any atom is -0.431 e. The summed E-state index contributed by atoms with van der Waals surface area (Å²) in [5.41, 5.74) is 8.12. The lowest BCUT2D eigenvalue weighted by atomic mass is 10.1. The summed E-state index contributed by atoms with van der Waals surface area (Å²) < 4.78 is 6.02. The highest BCUT2D eigenvalue weighted by Gasteiger charge is 2.31. The summed E-state index contributed by atoms with van der Waals surface area (Å²) in [6.07, 6.45) is 4.35. The number of thioether (sulfide) groups is 2. The first-order chi connectivity index (χ1) is 17.9. The number of nitrogens with one attached hydrogen (secondary N) is 2. The SMILES string of the molecule is CC(/C=C1\SC(=S)N(CCCC(=O)NNC(=O)CSc2nc3ccccc3o2)C1=O)=C\c1ccccc1. The van der Waals surface area contributed by atoms with E-state index < -0.39 is 0 Å². The Bertz CT molecular complexity index is 1350. The number of hydrogen-bond acceptors (Lipinski definition) is 8. The second kappa shape index (κ2) is 12.7.